The third-order valence-corrected chi connectivity index (χ3v) is 4.64. The first-order valence-electron chi connectivity index (χ1n) is 5.93. The summed E-state index contributed by atoms with van der Waals surface area (Å²) in [5.74, 6) is 0.506. The molecule has 0 heterocycles. The molecule has 1 aromatic carbocycles. The van der Waals surface area contributed by atoms with Gasteiger partial charge in [0, 0.05) is 34.9 Å². The number of carbonyl (C=O) groups excluding carboxylic acids is 1. The summed E-state index contributed by atoms with van der Waals surface area (Å²) in [6.07, 6.45) is 0.297. The summed E-state index contributed by atoms with van der Waals surface area (Å²) in [5, 5.41) is 11.5. The van der Waals surface area contributed by atoms with Gasteiger partial charge in [0.15, 0.2) is 0 Å². The van der Waals surface area contributed by atoms with Crippen LogP contribution in [0.1, 0.15) is 16.8 Å². The number of carboxylic acid groups (broad SMARTS) is 1. The van der Waals surface area contributed by atoms with Crippen LogP contribution in [0.25, 0.3) is 0 Å². The minimum absolute atomic E-state index is 0.0220. The monoisotopic (exact) mass is 335 g/mol. The van der Waals surface area contributed by atoms with Gasteiger partial charge in [0.1, 0.15) is 0 Å². The molecule has 0 aromatic heterocycles. The highest BCUT2D eigenvalue weighted by Gasteiger charge is 2.13. The van der Waals surface area contributed by atoms with Gasteiger partial charge in [-0.2, -0.15) is 11.8 Å². The number of benzene rings is 1. The number of amides is 1. The molecule has 1 rings (SSSR count). The third kappa shape index (κ3) is 6.03. The Morgan fingerprint density at radius 1 is 1.25 bits per heavy atom. The molecule has 2 N–H and O–H groups in total. The number of alkyl halides is 2. The van der Waals surface area contributed by atoms with Crippen molar-refractivity contribution in [3.05, 3.63) is 29.8 Å². The van der Waals surface area contributed by atoms with Crippen molar-refractivity contribution in [3.8, 4) is 0 Å². The van der Waals surface area contributed by atoms with Crippen molar-refractivity contribution in [1.82, 2.24) is 0 Å². The van der Waals surface area contributed by atoms with Gasteiger partial charge in [-0.25, -0.2) is 4.79 Å². The van der Waals surface area contributed by atoms with Crippen LogP contribution in [0, 0.1) is 0 Å². The number of carbonyl (C=O) groups is 2. The molecule has 0 radical (unpaired) electrons. The molecule has 0 fully saturated rings. The minimum atomic E-state index is -0.998. The number of hydrogen-bond acceptors (Lipinski definition) is 3. The van der Waals surface area contributed by atoms with Crippen LogP contribution in [-0.2, 0) is 4.79 Å². The number of thioether (sulfide) groups is 1. The number of aromatic carboxylic acids is 1. The van der Waals surface area contributed by atoms with E-state index in [2.05, 4.69) is 5.32 Å². The van der Waals surface area contributed by atoms with Gasteiger partial charge >= 0.3 is 5.97 Å². The second kappa shape index (κ2) is 9.10. The molecular formula is C13H15Cl2NO3S. The Morgan fingerprint density at radius 3 is 2.40 bits per heavy atom. The summed E-state index contributed by atoms with van der Waals surface area (Å²) in [5.41, 5.74) is 0.745. The predicted octanol–water partition coefficient (Wildman–Crippen LogP) is 3.29. The summed E-state index contributed by atoms with van der Waals surface area (Å²) < 4.78 is 0. The third-order valence-electron chi connectivity index (χ3n) is 2.43. The van der Waals surface area contributed by atoms with Crippen LogP contribution in [0.3, 0.4) is 0 Å². The molecule has 1 atom stereocenters. The summed E-state index contributed by atoms with van der Waals surface area (Å²) >= 11 is 13.0. The van der Waals surface area contributed by atoms with Gasteiger partial charge in [0.05, 0.1) is 5.56 Å². The van der Waals surface area contributed by atoms with Crippen molar-refractivity contribution in [2.24, 2.45) is 0 Å². The second-order valence-corrected chi connectivity index (χ2v) is 6.07. The summed E-state index contributed by atoms with van der Waals surface area (Å²) in [6, 6.07) is 6.00. The molecule has 7 heteroatoms. The molecule has 110 valence electrons. The number of carboxylic acids is 1. The molecule has 0 spiro atoms. The quantitative estimate of drug-likeness (QED) is 0.715. The van der Waals surface area contributed by atoms with E-state index in [9.17, 15) is 9.59 Å². The van der Waals surface area contributed by atoms with Crippen molar-refractivity contribution in [3.63, 3.8) is 0 Å². The zero-order chi connectivity index (χ0) is 15.0. The van der Waals surface area contributed by atoms with E-state index in [1.807, 2.05) is 0 Å². The number of anilines is 1. The molecule has 4 nitrogen and oxygen atoms in total. The van der Waals surface area contributed by atoms with Crippen LogP contribution in [-0.4, -0.2) is 39.7 Å². The smallest absolute Gasteiger partial charge is 0.335 e. The van der Waals surface area contributed by atoms with Gasteiger partial charge in [-0.05, 0) is 24.3 Å². The minimum Gasteiger partial charge on any atom is -0.478 e. The lowest BCUT2D eigenvalue weighted by Gasteiger charge is -2.12. The zero-order valence-corrected chi connectivity index (χ0v) is 13.0. The topological polar surface area (TPSA) is 66.4 Å². The van der Waals surface area contributed by atoms with Crippen molar-refractivity contribution in [1.29, 1.82) is 0 Å². The normalized spacial score (nSPS) is 11.9. The van der Waals surface area contributed by atoms with Crippen LogP contribution in [0.4, 0.5) is 5.69 Å². The Kier molecular flexibility index (Phi) is 7.80. The predicted molar refractivity (Wildman–Crippen MR) is 84.3 cm³/mol. The first-order valence-corrected chi connectivity index (χ1v) is 8.05. The Labute approximate surface area is 131 Å². The van der Waals surface area contributed by atoms with Crippen LogP contribution in [0.5, 0.6) is 0 Å². The zero-order valence-electron chi connectivity index (χ0n) is 10.6. The summed E-state index contributed by atoms with van der Waals surface area (Å²) in [6.45, 7) is 0. The van der Waals surface area contributed by atoms with Crippen LogP contribution >= 0.6 is 35.0 Å². The first-order chi connectivity index (χ1) is 9.56. The molecular weight excluding hydrogens is 321 g/mol. The molecule has 1 unspecified atom stereocenters. The highest BCUT2D eigenvalue weighted by molar-refractivity contribution is 8.00. The average molecular weight is 336 g/mol. The van der Waals surface area contributed by atoms with Crippen molar-refractivity contribution >= 4 is 52.5 Å². The van der Waals surface area contributed by atoms with Crippen LogP contribution in [0.2, 0.25) is 0 Å². The van der Waals surface area contributed by atoms with Crippen molar-refractivity contribution in [2.45, 2.75) is 11.7 Å². The molecule has 0 aliphatic rings. The molecule has 0 saturated carbocycles. The highest BCUT2D eigenvalue weighted by Crippen LogP contribution is 2.18. The molecule has 0 aliphatic heterocycles. The fourth-order valence-corrected chi connectivity index (χ4v) is 2.91. The van der Waals surface area contributed by atoms with E-state index in [4.69, 9.17) is 28.3 Å². The van der Waals surface area contributed by atoms with Gasteiger partial charge in [0.25, 0.3) is 0 Å². The highest BCUT2D eigenvalue weighted by atomic mass is 35.5. The summed E-state index contributed by atoms with van der Waals surface area (Å²) in [4.78, 5) is 22.5. The van der Waals surface area contributed by atoms with Gasteiger partial charge in [-0.3, -0.25) is 4.79 Å². The number of nitrogens with one attached hydrogen (secondary N) is 1. The van der Waals surface area contributed by atoms with E-state index in [0.29, 0.717) is 23.9 Å². The summed E-state index contributed by atoms with van der Waals surface area (Å²) in [7, 11) is 0. The Balaban J connectivity index is 2.50. The molecule has 1 aromatic rings. The fraction of sp³-hybridized carbons (Fsp3) is 0.385. The Morgan fingerprint density at radius 2 is 1.90 bits per heavy atom. The Hall–Kier alpha value is -0.910. The van der Waals surface area contributed by atoms with Crippen molar-refractivity contribution in [2.75, 3.05) is 22.8 Å². The standard InChI is InChI=1S/C13H15Cl2NO3S/c14-5-6-20-11(8-15)7-12(17)16-10-3-1-9(2-4-10)13(18)19/h1-4,11H,5-8H2,(H,16,17)(H,18,19). The van der Waals surface area contributed by atoms with Gasteiger partial charge in [0.2, 0.25) is 5.91 Å². The van der Waals surface area contributed by atoms with E-state index < -0.39 is 5.97 Å². The van der Waals surface area contributed by atoms with Crippen LogP contribution < -0.4 is 5.32 Å². The van der Waals surface area contributed by atoms with E-state index in [1.165, 1.54) is 12.1 Å². The van der Waals surface area contributed by atoms with E-state index in [0.717, 1.165) is 5.75 Å². The van der Waals surface area contributed by atoms with Crippen LogP contribution in [0.15, 0.2) is 24.3 Å². The lowest BCUT2D eigenvalue weighted by molar-refractivity contribution is -0.116. The van der Waals surface area contributed by atoms with Gasteiger partial charge in [-0.15, -0.1) is 23.2 Å². The average Bonchev–Trinajstić information content (AvgIpc) is 2.43. The second-order valence-electron chi connectivity index (χ2n) is 3.97. The molecule has 0 bridgehead atoms. The maximum atomic E-state index is 11.8. The first kappa shape index (κ1) is 17.1. The number of hydrogen-bond donors (Lipinski definition) is 2. The molecule has 0 saturated heterocycles. The molecule has 1 amide bonds. The number of halogens is 2. The number of rotatable bonds is 8. The molecule has 20 heavy (non-hydrogen) atoms. The Bertz CT molecular complexity index is 453. The lowest BCUT2D eigenvalue weighted by Crippen LogP contribution is -2.19. The van der Waals surface area contributed by atoms with Gasteiger partial charge < -0.3 is 10.4 Å². The van der Waals surface area contributed by atoms with E-state index in [1.54, 1.807) is 23.9 Å². The SMILES string of the molecule is O=C(CC(CCl)SCCCl)Nc1ccc(C(=O)O)cc1. The van der Waals surface area contributed by atoms with Crippen molar-refractivity contribution < 1.29 is 14.7 Å². The largest absolute Gasteiger partial charge is 0.478 e. The van der Waals surface area contributed by atoms with E-state index in [-0.39, 0.29) is 16.7 Å². The van der Waals surface area contributed by atoms with Gasteiger partial charge in [-0.1, -0.05) is 0 Å². The maximum Gasteiger partial charge on any atom is 0.335 e. The fourth-order valence-electron chi connectivity index (χ4n) is 1.48. The lowest BCUT2D eigenvalue weighted by atomic mass is 10.2. The molecule has 0 aliphatic carbocycles. The van der Waals surface area contributed by atoms with E-state index >= 15 is 0 Å². The maximum absolute atomic E-state index is 11.8.